The molecule has 1 N–H and O–H groups in total. The van der Waals surface area contributed by atoms with E-state index in [-0.39, 0.29) is 24.6 Å². The number of amides is 2. The lowest BCUT2D eigenvalue weighted by Crippen LogP contribution is -2.29. The maximum absolute atomic E-state index is 13.1. The SMILES string of the molecule is COc1ccc(OC)c(N2C[C@@H](C(=O)Nc3ccccc3C(F)(F)F)CC2=O)c1. The van der Waals surface area contributed by atoms with Gasteiger partial charge in [-0.25, -0.2) is 0 Å². The van der Waals surface area contributed by atoms with Crippen LogP contribution in [0.5, 0.6) is 11.5 Å². The Labute approximate surface area is 165 Å². The van der Waals surface area contributed by atoms with Gasteiger partial charge in [0.2, 0.25) is 11.8 Å². The maximum Gasteiger partial charge on any atom is 0.418 e. The molecule has 1 aliphatic heterocycles. The number of nitrogens with one attached hydrogen (secondary N) is 1. The molecule has 1 fully saturated rings. The number of carbonyl (C=O) groups is 2. The van der Waals surface area contributed by atoms with E-state index in [0.717, 1.165) is 6.07 Å². The Morgan fingerprint density at radius 3 is 2.52 bits per heavy atom. The molecule has 2 aromatic rings. The average molecular weight is 408 g/mol. The van der Waals surface area contributed by atoms with Crippen LogP contribution in [0.4, 0.5) is 24.5 Å². The predicted octanol–water partition coefficient (Wildman–Crippen LogP) is 3.71. The highest BCUT2D eigenvalue weighted by Gasteiger charge is 2.38. The van der Waals surface area contributed by atoms with Gasteiger partial charge in [0.25, 0.3) is 0 Å². The number of hydrogen-bond acceptors (Lipinski definition) is 4. The topological polar surface area (TPSA) is 67.9 Å². The van der Waals surface area contributed by atoms with Gasteiger partial charge in [-0.15, -0.1) is 0 Å². The van der Waals surface area contributed by atoms with Crippen LogP contribution in [0.3, 0.4) is 0 Å². The summed E-state index contributed by atoms with van der Waals surface area (Å²) in [6, 6.07) is 9.63. The largest absolute Gasteiger partial charge is 0.497 e. The van der Waals surface area contributed by atoms with Crippen molar-refractivity contribution >= 4 is 23.2 Å². The van der Waals surface area contributed by atoms with Crippen LogP contribution in [0.15, 0.2) is 42.5 Å². The summed E-state index contributed by atoms with van der Waals surface area (Å²) in [6.45, 7) is 0.0162. The van der Waals surface area contributed by atoms with Crippen LogP contribution >= 0.6 is 0 Å². The third-order valence-corrected chi connectivity index (χ3v) is 4.66. The lowest BCUT2D eigenvalue weighted by atomic mass is 10.1. The van der Waals surface area contributed by atoms with Crippen molar-refractivity contribution in [1.82, 2.24) is 0 Å². The van der Waals surface area contributed by atoms with E-state index >= 15 is 0 Å². The second-order valence-corrected chi connectivity index (χ2v) is 6.48. The number of benzene rings is 2. The second-order valence-electron chi connectivity index (χ2n) is 6.48. The first-order chi connectivity index (χ1) is 13.7. The van der Waals surface area contributed by atoms with Gasteiger partial charge in [0, 0.05) is 19.0 Å². The number of ether oxygens (including phenoxy) is 2. The molecule has 1 heterocycles. The van der Waals surface area contributed by atoms with Crippen LogP contribution in [-0.4, -0.2) is 32.6 Å². The van der Waals surface area contributed by atoms with Crippen LogP contribution in [0.25, 0.3) is 0 Å². The van der Waals surface area contributed by atoms with Gasteiger partial charge in [-0.1, -0.05) is 12.1 Å². The molecule has 0 saturated carbocycles. The Bertz CT molecular complexity index is 930. The second kappa shape index (κ2) is 8.02. The highest BCUT2D eigenvalue weighted by atomic mass is 19.4. The number of para-hydroxylation sites is 1. The summed E-state index contributed by atoms with van der Waals surface area (Å²) in [6.07, 6.45) is -4.73. The van der Waals surface area contributed by atoms with E-state index in [1.54, 1.807) is 18.2 Å². The van der Waals surface area contributed by atoms with E-state index in [1.807, 2.05) is 0 Å². The van der Waals surface area contributed by atoms with Gasteiger partial charge in [-0.3, -0.25) is 9.59 Å². The summed E-state index contributed by atoms with van der Waals surface area (Å²) in [5.41, 5.74) is -0.846. The van der Waals surface area contributed by atoms with E-state index in [0.29, 0.717) is 17.2 Å². The minimum atomic E-state index is -4.60. The minimum Gasteiger partial charge on any atom is -0.497 e. The van der Waals surface area contributed by atoms with Gasteiger partial charge in [-0.05, 0) is 24.3 Å². The molecular formula is C20H19F3N2O4. The number of rotatable bonds is 5. The summed E-state index contributed by atoms with van der Waals surface area (Å²) >= 11 is 0. The van der Waals surface area contributed by atoms with Crippen molar-refractivity contribution < 1.29 is 32.2 Å². The monoisotopic (exact) mass is 408 g/mol. The zero-order chi connectivity index (χ0) is 21.2. The van der Waals surface area contributed by atoms with Gasteiger partial charge < -0.3 is 19.7 Å². The molecule has 29 heavy (non-hydrogen) atoms. The van der Waals surface area contributed by atoms with Crippen molar-refractivity contribution in [1.29, 1.82) is 0 Å². The normalized spacial score (nSPS) is 16.7. The highest BCUT2D eigenvalue weighted by molar-refractivity contribution is 6.04. The van der Waals surface area contributed by atoms with Crippen molar-refractivity contribution in [3.63, 3.8) is 0 Å². The third kappa shape index (κ3) is 4.28. The van der Waals surface area contributed by atoms with Gasteiger partial charge >= 0.3 is 6.18 Å². The molecule has 154 valence electrons. The minimum absolute atomic E-state index is 0.0162. The number of methoxy groups -OCH3 is 2. The molecule has 0 unspecified atom stereocenters. The average Bonchev–Trinajstić information content (AvgIpc) is 3.08. The summed E-state index contributed by atoms with van der Waals surface area (Å²) < 4.78 is 49.9. The number of alkyl halides is 3. The molecule has 0 spiro atoms. The summed E-state index contributed by atoms with van der Waals surface area (Å²) in [5, 5.41) is 2.31. The summed E-state index contributed by atoms with van der Waals surface area (Å²) in [4.78, 5) is 26.5. The van der Waals surface area contributed by atoms with Crippen LogP contribution in [0.2, 0.25) is 0 Å². The van der Waals surface area contributed by atoms with Gasteiger partial charge in [0.1, 0.15) is 11.5 Å². The molecule has 2 amide bonds. The number of carbonyl (C=O) groups excluding carboxylic acids is 2. The predicted molar refractivity (Wildman–Crippen MR) is 100 cm³/mol. The van der Waals surface area contributed by atoms with Gasteiger partial charge in [0.05, 0.1) is 37.1 Å². The van der Waals surface area contributed by atoms with Crippen LogP contribution < -0.4 is 19.7 Å². The van der Waals surface area contributed by atoms with Crippen LogP contribution in [-0.2, 0) is 15.8 Å². The number of hydrogen-bond donors (Lipinski definition) is 1. The van der Waals surface area contributed by atoms with Crippen molar-refractivity contribution in [2.24, 2.45) is 5.92 Å². The molecule has 0 aromatic heterocycles. The first-order valence-electron chi connectivity index (χ1n) is 8.74. The standard InChI is InChI=1S/C20H19F3N2O4/c1-28-13-7-8-17(29-2)16(10-13)25-11-12(9-18(25)26)19(27)24-15-6-4-3-5-14(15)20(21,22)23/h3-8,10,12H,9,11H2,1-2H3,(H,24,27)/t12-/m0/s1. The zero-order valence-corrected chi connectivity index (χ0v) is 15.7. The molecule has 1 saturated heterocycles. The lowest BCUT2D eigenvalue weighted by molar-refractivity contribution is -0.137. The summed E-state index contributed by atoms with van der Waals surface area (Å²) in [5.74, 6) is -0.872. The van der Waals surface area contributed by atoms with Crippen molar-refractivity contribution in [3.8, 4) is 11.5 Å². The van der Waals surface area contributed by atoms with Gasteiger partial charge in [-0.2, -0.15) is 13.2 Å². The van der Waals surface area contributed by atoms with Crippen LogP contribution in [0.1, 0.15) is 12.0 Å². The van der Waals surface area contributed by atoms with Crippen molar-refractivity contribution in [2.75, 3.05) is 31.0 Å². The molecule has 0 radical (unpaired) electrons. The zero-order valence-electron chi connectivity index (χ0n) is 15.7. The molecule has 1 atom stereocenters. The highest BCUT2D eigenvalue weighted by Crippen LogP contribution is 2.37. The molecule has 9 heteroatoms. The first kappa shape index (κ1) is 20.5. The molecule has 0 bridgehead atoms. The van der Waals surface area contributed by atoms with E-state index in [1.165, 1.54) is 37.3 Å². The Balaban J connectivity index is 1.80. The number of nitrogens with zero attached hydrogens (tertiary/aromatic N) is 1. The van der Waals surface area contributed by atoms with Crippen molar-refractivity contribution in [3.05, 3.63) is 48.0 Å². The van der Waals surface area contributed by atoms with E-state index in [4.69, 9.17) is 9.47 Å². The molecular weight excluding hydrogens is 389 g/mol. The first-order valence-corrected chi connectivity index (χ1v) is 8.74. The maximum atomic E-state index is 13.1. The molecule has 6 nitrogen and oxygen atoms in total. The van der Waals surface area contributed by atoms with E-state index in [9.17, 15) is 22.8 Å². The fourth-order valence-electron chi connectivity index (χ4n) is 3.20. The number of anilines is 2. The Kier molecular flexibility index (Phi) is 5.67. The lowest BCUT2D eigenvalue weighted by Gasteiger charge is -2.20. The third-order valence-electron chi connectivity index (χ3n) is 4.66. The van der Waals surface area contributed by atoms with Crippen molar-refractivity contribution in [2.45, 2.75) is 12.6 Å². The quantitative estimate of drug-likeness (QED) is 0.819. The Hall–Kier alpha value is -3.23. The molecule has 3 rings (SSSR count). The summed E-state index contributed by atoms with van der Waals surface area (Å²) in [7, 11) is 2.93. The Morgan fingerprint density at radius 2 is 1.86 bits per heavy atom. The molecule has 0 aliphatic carbocycles. The molecule has 1 aliphatic rings. The number of halogens is 3. The fourth-order valence-corrected chi connectivity index (χ4v) is 3.20. The van der Waals surface area contributed by atoms with E-state index < -0.39 is 23.6 Å². The van der Waals surface area contributed by atoms with Crippen LogP contribution in [0, 0.1) is 5.92 Å². The molecule has 2 aromatic carbocycles. The smallest absolute Gasteiger partial charge is 0.418 e. The fraction of sp³-hybridized carbons (Fsp3) is 0.300. The van der Waals surface area contributed by atoms with Gasteiger partial charge in [0.15, 0.2) is 0 Å². The Morgan fingerprint density at radius 1 is 1.14 bits per heavy atom. The van der Waals surface area contributed by atoms with E-state index in [2.05, 4.69) is 5.32 Å².